The molecule has 0 radical (unpaired) electrons. The predicted octanol–water partition coefficient (Wildman–Crippen LogP) is 0.878. The lowest BCUT2D eigenvalue weighted by molar-refractivity contribution is -0.0614. The van der Waals surface area contributed by atoms with Crippen molar-refractivity contribution in [2.45, 2.75) is 24.5 Å². The number of hydrogen-bond donors (Lipinski definition) is 2. The highest BCUT2D eigenvalue weighted by Crippen LogP contribution is 2.31. The van der Waals surface area contributed by atoms with Crippen LogP contribution in [0.15, 0.2) is 82.5 Å². The standard InChI is InChI=1S/C23H20N2O8/c26-17-11-12-25(23(30)24-17)20-18(27)19(33-22(29)15-9-5-2-6-10-15)16(32-20)13-31-21(28)14-7-3-1-4-8-14/h1-12,16,18-20,27H,13H2,(H,24,26,30)/t16-,18+,19-,20-/m1/s1. The SMILES string of the molecule is O=C(OC[C@H]1O[C@@H](n2ccc(=O)[nH]c2=O)[C@@H](O)[C@@H]1OC(=O)c1ccccc1)c1ccccc1. The smallest absolute Gasteiger partial charge is 0.338 e. The van der Waals surface area contributed by atoms with Crippen LogP contribution < -0.4 is 11.2 Å². The molecule has 1 aliphatic rings. The minimum atomic E-state index is -1.48. The molecule has 0 amide bonds. The van der Waals surface area contributed by atoms with E-state index >= 15 is 0 Å². The van der Waals surface area contributed by atoms with Crippen molar-refractivity contribution in [3.63, 3.8) is 0 Å². The molecule has 4 atom stereocenters. The molecule has 3 aromatic rings. The maximum Gasteiger partial charge on any atom is 0.338 e. The van der Waals surface area contributed by atoms with Gasteiger partial charge in [0.05, 0.1) is 11.1 Å². The Hall–Kier alpha value is -4.02. The fourth-order valence-corrected chi connectivity index (χ4v) is 3.44. The number of rotatable bonds is 6. The number of H-pyrrole nitrogens is 1. The second-order valence-electron chi connectivity index (χ2n) is 7.27. The zero-order chi connectivity index (χ0) is 23.4. The van der Waals surface area contributed by atoms with Gasteiger partial charge in [0.25, 0.3) is 5.56 Å². The van der Waals surface area contributed by atoms with E-state index in [1.807, 2.05) is 0 Å². The molecular formula is C23H20N2O8. The van der Waals surface area contributed by atoms with Gasteiger partial charge < -0.3 is 19.3 Å². The second kappa shape index (κ2) is 9.63. The molecule has 0 unspecified atom stereocenters. The van der Waals surface area contributed by atoms with Gasteiger partial charge in [0.1, 0.15) is 18.8 Å². The molecule has 4 rings (SSSR count). The minimum absolute atomic E-state index is 0.245. The van der Waals surface area contributed by atoms with Crippen molar-refractivity contribution >= 4 is 11.9 Å². The van der Waals surface area contributed by atoms with Crippen molar-refractivity contribution in [3.05, 3.63) is 105 Å². The number of carbonyl (C=O) groups excluding carboxylic acids is 2. The van der Waals surface area contributed by atoms with Crippen molar-refractivity contribution in [1.82, 2.24) is 9.55 Å². The van der Waals surface area contributed by atoms with Gasteiger partial charge in [-0.15, -0.1) is 0 Å². The van der Waals surface area contributed by atoms with E-state index in [0.717, 1.165) is 16.8 Å². The molecular weight excluding hydrogens is 432 g/mol. The quantitative estimate of drug-likeness (QED) is 0.526. The molecule has 0 bridgehead atoms. The van der Waals surface area contributed by atoms with Crippen LogP contribution in [0.25, 0.3) is 0 Å². The number of aliphatic hydroxyl groups excluding tert-OH is 1. The normalized spacial score (nSPS) is 22.0. The summed E-state index contributed by atoms with van der Waals surface area (Å²) >= 11 is 0. The van der Waals surface area contributed by atoms with Crippen LogP contribution in [0.5, 0.6) is 0 Å². The number of carbonyl (C=O) groups is 2. The summed E-state index contributed by atoms with van der Waals surface area (Å²) in [6.07, 6.45) is -3.96. The summed E-state index contributed by atoms with van der Waals surface area (Å²) in [4.78, 5) is 50.6. The molecule has 0 saturated carbocycles. The summed E-state index contributed by atoms with van der Waals surface area (Å²) in [5.74, 6) is -1.36. The summed E-state index contributed by atoms with van der Waals surface area (Å²) in [7, 11) is 0. The van der Waals surface area contributed by atoms with Gasteiger partial charge >= 0.3 is 17.6 Å². The molecule has 33 heavy (non-hydrogen) atoms. The van der Waals surface area contributed by atoms with Crippen molar-refractivity contribution in [2.75, 3.05) is 6.61 Å². The van der Waals surface area contributed by atoms with E-state index in [0.29, 0.717) is 5.56 Å². The van der Waals surface area contributed by atoms with Crippen molar-refractivity contribution in [2.24, 2.45) is 0 Å². The van der Waals surface area contributed by atoms with Crippen LogP contribution in [-0.2, 0) is 14.2 Å². The molecule has 2 heterocycles. The van der Waals surface area contributed by atoms with Crippen LogP contribution in [0.2, 0.25) is 0 Å². The van der Waals surface area contributed by atoms with E-state index in [1.165, 1.54) is 0 Å². The first-order valence-electron chi connectivity index (χ1n) is 10.1. The Bertz CT molecular complexity index is 1240. The number of benzene rings is 2. The van der Waals surface area contributed by atoms with Gasteiger partial charge in [0, 0.05) is 12.3 Å². The van der Waals surface area contributed by atoms with E-state index in [2.05, 4.69) is 4.98 Å². The van der Waals surface area contributed by atoms with E-state index in [9.17, 15) is 24.3 Å². The minimum Gasteiger partial charge on any atom is -0.459 e. The Morgan fingerprint density at radius 1 is 0.939 bits per heavy atom. The summed E-state index contributed by atoms with van der Waals surface area (Å²) in [5.41, 5.74) is -0.887. The first-order valence-corrected chi connectivity index (χ1v) is 10.1. The topological polar surface area (TPSA) is 137 Å². The van der Waals surface area contributed by atoms with Gasteiger partial charge in [-0.05, 0) is 24.3 Å². The molecule has 170 valence electrons. The lowest BCUT2D eigenvalue weighted by atomic mass is 10.1. The summed E-state index contributed by atoms with van der Waals surface area (Å²) in [6, 6.07) is 17.5. The maximum atomic E-state index is 12.6. The van der Waals surface area contributed by atoms with Gasteiger partial charge in [0.15, 0.2) is 12.3 Å². The van der Waals surface area contributed by atoms with Crippen molar-refractivity contribution in [3.8, 4) is 0 Å². The molecule has 2 aromatic carbocycles. The molecule has 0 spiro atoms. The third kappa shape index (κ3) is 4.92. The Balaban J connectivity index is 1.56. The highest BCUT2D eigenvalue weighted by molar-refractivity contribution is 5.90. The monoisotopic (exact) mass is 452 g/mol. The zero-order valence-corrected chi connectivity index (χ0v) is 17.2. The highest BCUT2D eigenvalue weighted by Gasteiger charge is 2.48. The Labute approximate surface area is 187 Å². The fourth-order valence-electron chi connectivity index (χ4n) is 3.44. The van der Waals surface area contributed by atoms with Gasteiger partial charge in [-0.3, -0.25) is 14.3 Å². The third-order valence-corrected chi connectivity index (χ3v) is 5.08. The predicted molar refractivity (Wildman–Crippen MR) is 114 cm³/mol. The number of nitrogens with one attached hydrogen (secondary N) is 1. The van der Waals surface area contributed by atoms with E-state index < -0.39 is 47.7 Å². The van der Waals surface area contributed by atoms with Crippen LogP contribution in [0.4, 0.5) is 0 Å². The number of aromatic amines is 1. The van der Waals surface area contributed by atoms with Gasteiger partial charge in [-0.25, -0.2) is 14.4 Å². The van der Waals surface area contributed by atoms with Crippen LogP contribution in [0.1, 0.15) is 26.9 Å². The summed E-state index contributed by atoms with van der Waals surface area (Å²) in [6.45, 7) is -0.355. The molecule has 1 aliphatic heterocycles. The third-order valence-electron chi connectivity index (χ3n) is 5.08. The molecule has 10 nitrogen and oxygen atoms in total. The average molecular weight is 452 g/mol. The first kappa shape index (κ1) is 22.2. The lowest BCUT2D eigenvalue weighted by Crippen LogP contribution is -2.40. The van der Waals surface area contributed by atoms with E-state index in [-0.39, 0.29) is 12.2 Å². The van der Waals surface area contributed by atoms with Crippen LogP contribution in [0, 0.1) is 0 Å². The number of aromatic nitrogens is 2. The number of ether oxygens (including phenoxy) is 3. The number of esters is 2. The molecule has 1 fully saturated rings. The fraction of sp³-hybridized carbons (Fsp3) is 0.217. The van der Waals surface area contributed by atoms with Crippen molar-refractivity contribution in [1.29, 1.82) is 0 Å². The van der Waals surface area contributed by atoms with Gasteiger partial charge in [-0.2, -0.15) is 0 Å². The number of aliphatic hydroxyl groups is 1. The van der Waals surface area contributed by atoms with E-state index in [4.69, 9.17) is 14.2 Å². The number of nitrogens with zero attached hydrogens (tertiary/aromatic N) is 1. The molecule has 10 heteroatoms. The van der Waals surface area contributed by atoms with Crippen LogP contribution in [0.3, 0.4) is 0 Å². The second-order valence-corrected chi connectivity index (χ2v) is 7.27. The van der Waals surface area contributed by atoms with Crippen molar-refractivity contribution < 1.29 is 28.9 Å². The molecule has 1 saturated heterocycles. The van der Waals surface area contributed by atoms with Gasteiger partial charge in [-0.1, -0.05) is 36.4 Å². The molecule has 2 N–H and O–H groups in total. The van der Waals surface area contributed by atoms with E-state index in [1.54, 1.807) is 60.7 Å². The first-order chi connectivity index (χ1) is 15.9. The average Bonchev–Trinajstić information content (AvgIpc) is 3.13. The summed E-state index contributed by atoms with van der Waals surface area (Å²) in [5, 5.41) is 10.8. The Morgan fingerprint density at radius 2 is 1.55 bits per heavy atom. The lowest BCUT2D eigenvalue weighted by Gasteiger charge is -2.20. The largest absolute Gasteiger partial charge is 0.459 e. The Kier molecular flexibility index (Phi) is 6.48. The van der Waals surface area contributed by atoms with Gasteiger partial charge in [0.2, 0.25) is 0 Å². The molecule has 1 aromatic heterocycles. The van der Waals surface area contributed by atoms with Crippen LogP contribution in [-0.4, -0.2) is 51.5 Å². The maximum absolute atomic E-state index is 12.6. The molecule has 0 aliphatic carbocycles. The number of hydrogen-bond acceptors (Lipinski definition) is 8. The zero-order valence-electron chi connectivity index (χ0n) is 17.2. The Morgan fingerprint density at radius 3 is 2.15 bits per heavy atom. The highest BCUT2D eigenvalue weighted by atomic mass is 16.6. The summed E-state index contributed by atoms with van der Waals surface area (Å²) < 4.78 is 17.5. The van der Waals surface area contributed by atoms with Crippen LogP contribution >= 0.6 is 0 Å².